The number of carbonyl (C=O) groups is 1. The molecule has 108 valence electrons. The first-order chi connectivity index (χ1) is 8.30. The van der Waals surface area contributed by atoms with Crippen molar-refractivity contribution in [3.05, 3.63) is 0 Å². The maximum atomic E-state index is 11.6. The summed E-state index contributed by atoms with van der Waals surface area (Å²) in [5.41, 5.74) is 0.315. The minimum atomic E-state index is -0.0477. The quantitative estimate of drug-likeness (QED) is 0.671. The Hall–Kier alpha value is -0.610. The van der Waals surface area contributed by atoms with Crippen molar-refractivity contribution < 1.29 is 14.3 Å². The average Bonchev–Trinajstić information content (AvgIpc) is 2.24. The number of methoxy groups -OCH3 is 2. The summed E-state index contributed by atoms with van der Waals surface area (Å²) in [5.74, 6) is 0.0991. The van der Waals surface area contributed by atoms with Crippen LogP contribution in [-0.4, -0.2) is 50.8 Å². The third-order valence-electron chi connectivity index (χ3n) is 2.91. The van der Waals surface area contributed by atoms with Crippen molar-refractivity contribution >= 4 is 5.91 Å². The summed E-state index contributed by atoms with van der Waals surface area (Å²) in [5, 5.41) is 0. The molecule has 0 N–H and O–H groups in total. The Kier molecular flexibility index (Phi) is 8.20. The van der Waals surface area contributed by atoms with E-state index in [1.165, 1.54) is 0 Å². The van der Waals surface area contributed by atoms with E-state index < -0.39 is 0 Å². The Morgan fingerprint density at radius 1 is 1.28 bits per heavy atom. The fourth-order valence-electron chi connectivity index (χ4n) is 1.80. The molecule has 0 radical (unpaired) electrons. The van der Waals surface area contributed by atoms with Gasteiger partial charge in [0.05, 0.1) is 12.7 Å². The zero-order chi connectivity index (χ0) is 14.2. The third kappa shape index (κ3) is 8.48. The second-order valence-corrected chi connectivity index (χ2v) is 5.94. The van der Waals surface area contributed by atoms with Crippen LogP contribution in [-0.2, 0) is 14.3 Å². The highest BCUT2D eigenvalue weighted by atomic mass is 16.5. The zero-order valence-electron chi connectivity index (χ0n) is 12.8. The Bertz CT molecular complexity index is 236. The number of rotatable bonds is 8. The van der Waals surface area contributed by atoms with E-state index in [9.17, 15) is 4.79 Å². The predicted molar refractivity (Wildman–Crippen MR) is 73.6 cm³/mol. The van der Waals surface area contributed by atoms with Gasteiger partial charge in [0.15, 0.2) is 0 Å². The van der Waals surface area contributed by atoms with E-state index in [4.69, 9.17) is 9.47 Å². The molecule has 0 spiro atoms. The van der Waals surface area contributed by atoms with Gasteiger partial charge < -0.3 is 14.4 Å². The summed E-state index contributed by atoms with van der Waals surface area (Å²) >= 11 is 0. The van der Waals surface area contributed by atoms with E-state index in [-0.39, 0.29) is 12.0 Å². The monoisotopic (exact) mass is 259 g/mol. The van der Waals surface area contributed by atoms with Gasteiger partial charge in [-0.1, -0.05) is 20.8 Å². The molecular weight excluding hydrogens is 230 g/mol. The van der Waals surface area contributed by atoms with Crippen molar-refractivity contribution in [3.8, 4) is 0 Å². The van der Waals surface area contributed by atoms with Gasteiger partial charge in [-0.15, -0.1) is 0 Å². The summed E-state index contributed by atoms with van der Waals surface area (Å²) in [4.78, 5) is 13.4. The molecule has 0 aromatic rings. The molecule has 0 saturated carbocycles. The number of amides is 1. The average molecular weight is 259 g/mol. The van der Waals surface area contributed by atoms with Crippen LogP contribution in [0.15, 0.2) is 0 Å². The van der Waals surface area contributed by atoms with Crippen LogP contribution in [0.1, 0.15) is 40.5 Å². The van der Waals surface area contributed by atoms with Crippen molar-refractivity contribution in [2.24, 2.45) is 5.41 Å². The minimum absolute atomic E-state index is 0.0477. The van der Waals surface area contributed by atoms with Crippen molar-refractivity contribution in [1.29, 1.82) is 0 Å². The molecule has 18 heavy (non-hydrogen) atoms. The second kappa shape index (κ2) is 8.48. The van der Waals surface area contributed by atoms with Crippen LogP contribution in [0.2, 0.25) is 0 Å². The molecule has 1 amide bonds. The Morgan fingerprint density at radius 2 is 1.89 bits per heavy atom. The van der Waals surface area contributed by atoms with Crippen LogP contribution < -0.4 is 0 Å². The summed E-state index contributed by atoms with van der Waals surface area (Å²) in [6, 6.07) is 0. The first kappa shape index (κ1) is 17.4. The molecule has 0 aliphatic heterocycles. The van der Waals surface area contributed by atoms with Crippen LogP contribution in [0.5, 0.6) is 0 Å². The highest BCUT2D eigenvalue weighted by Crippen LogP contribution is 2.20. The van der Waals surface area contributed by atoms with Gasteiger partial charge in [-0.2, -0.15) is 0 Å². The smallest absolute Gasteiger partial charge is 0.219 e. The Labute approximate surface area is 112 Å². The van der Waals surface area contributed by atoms with Crippen molar-refractivity contribution in [3.63, 3.8) is 0 Å². The summed E-state index contributed by atoms with van der Waals surface area (Å²) in [6.07, 6.45) is 2.08. The lowest BCUT2D eigenvalue weighted by atomic mass is 9.90. The molecule has 0 aliphatic carbocycles. The molecule has 0 bridgehead atoms. The molecule has 0 aromatic carbocycles. The lowest BCUT2D eigenvalue weighted by Crippen LogP contribution is -2.39. The molecule has 0 fully saturated rings. The molecule has 0 heterocycles. The number of hydrogen-bond acceptors (Lipinski definition) is 3. The number of nitrogens with zero attached hydrogens (tertiary/aromatic N) is 1. The maximum Gasteiger partial charge on any atom is 0.219 e. The third-order valence-corrected chi connectivity index (χ3v) is 2.91. The first-order valence-electron chi connectivity index (χ1n) is 6.57. The largest absolute Gasteiger partial charge is 0.382 e. The van der Waals surface area contributed by atoms with Gasteiger partial charge in [-0.25, -0.2) is 0 Å². The Balaban J connectivity index is 4.18. The second-order valence-electron chi connectivity index (χ2n) is 5.94. The van der Waals surface area contributed by atoms with Crippen LogP contribution in [0.4, 0.5) is 0 Å². The van der Waals surface area contributed by atoms with Crippen molar-refractivity contribution in [1.82, 2.24) is 4.90 Å². The van der Waals surface area contributed by atoms with Crippen LogP contribution in [0.25, 0.3) is 0 Å². The molecular formula is C14H29NO3. The van der Waals surface area contributed by atoms with Gasteiger partial charge in [0, 0.05) is 34.2 Å². The number of hydrogen-bond donors (Lipinski definition) is 0. The Morgan fingerprint density at radius 3 is 2.28 bits per heavy atom. The van der Waals surface area contributed by atoms with Crippen LogP contribution in [0, 0.1) is 5.41 Å². The van der Waals surface area contributed by atoms with E-state index in [0.29, 0.717) is 18.6 Å². The lowest BCUT2D eigenvalue weighted by Gasteiger charge is -2.27. The van der Waals surface area contributed by atoms with Crippen LogP contribution >= 0.6 is 0 Å². The molecule has 1 unspecified atom stereocenters. The molecule has 0 rings (SSSR count). The van der Waals surface area contributed by atoms with E-state index in [0.717, 1.165) is 19.4 Å². The van der Waals surface area contributed by atoms with E-state index in [2.05, 4.69) is 20.8 Å². The molecule has 1 atom stereocenters. The van der Waals surface area contributed by atoms with E-state index in [1.54, 1.807) is 21.1 Å². The highest BCUT2D eigenvalue weighted by molar-refractivity contribution is 5.73. The molecule has 4 heteroatoms. The summed E-state index contributed by atoms with van der Waals surface area (Å²) in [6.45, 7) is 10.2. The van der Waals surface area contributed by atoms with Crippen molar-refractivity contribution in [2.45, 2.75) is 46.6 Å². The number of ether oxygens (including phenoxy) is 2. The van der Waals surface area contributed by atoms with E-state index in [1.807, 2.05) is 4.90 Å². The van der Waals surface area contributed by atoms with Gasteiger partial charge in [0.2, 0.25) is 5.91 Å². The van der Waals surface area contributed by atoms with E-state index >= 15 is 0 Å². The molecule has 0 saturated heterocycles. The molecule has 4 nitrogen and oxygen atoms in total. The minimum Gasteiger partial charge on any atom is -0.382 e. The highest BCUT2D eigenvalue weighted by Gasteiger charge is 2.17. The van der Waals surface area contributed by atoms with Crippen molar-refractivity contribution in [2.75, 3.05) is 33.9 Å². The van der Waals surface area contributed by atoms with Gasteiger partial charge >= 0.3 is 0 Å². The predicted octanol–water partition coefficient (Wildman–Crippen LogP) is 2.32. The summed E-state index contributed by atoms with van der Waals surface area (Å²) in [7, 11) is 3.29. The lowest BCUT2D eigenvalue weighted by molar-refractivity contribution is -0.131. The fraction of sp³-hybridized carbons (Fsp3) is 0.929. The van der Waals surface area contributed by atoms with Crippen LogP contribution in [0.3, 0.4) is 0 Å². The maximum absolute atomic E-state index is 11.6. The molecule has 0 aliphatic rings. The van der Waals surface area contributed by atoms with Gasteiger partial charge in [-0.3, -0.25) is 4.79 Å². The SMILES string of the molecule is COCC(CN(CCCC(C)(C)C)C(C)=O)OC. The van der Waals surface area contributed by atoms with Gasteiger partial charge in [0.25, 0.3) is 0 Å². The molecule has 0 aromatic heterocycles. The number of carbonyl (C=O) groups excluding carboxylic acids is 1. The van der Waals surface area contributed by atoms with Gasteiger partial charge in [0.1, 0.15) is 0 Å². The zero-order valence-corrected chi connectivity index (χ0v) is 12.8. The topological polar surface area (TPSA) is 38.8 Å². The summed E-state index contributed by atoms with van der Waals surface area (Å²) < 4.78 is 10.4. The fourth-order valence-corrected chi connectivity index (χ4v) is 1.80. The standard InChI is InChI=1S/C14H29NO3/c1-12(16)15(9-7-8-14(2,3)4)10-13(18-6)11-17-5/h13H,7-11H2,1-6H3. The normalized spacial score (nSPS) is 13.4. The van der Waals surface area contributed by atoms with Gasteiger partial charge in [-0.05, 0) is 18.3 Å². The first-order valence-corrected chi connectivity index (χ1v) is 6.57.